The van der Waals surface area contributed by atoms with Gasteiger partial charge in [0.15, 0.2) is 0 Å². The van der Waals surface area contributed by atoms with Crippen LogP contribution in [0.1, 0.15) is 20.8 Å². The molecule has 3 aromatic rings. The molecule has 1 heterocycles. The highest BCUT2D eigenvalue weighted by Gasteiger charge is 2.09. The van der Waals surface area contributed by atoms with Crippen LogP contribution in [-0.2, 0) is 6.54 Å². The molecule has 0 fully saturated rings. The zero-order chi connectivity index (χ0) is 15.4. The molecule has 1 N–H and O–H groups in total. The monoisotopic (exact) mass is 307 g/mol. The molecule has 0 bridgehead atoms. The number of aryl methyl sites for hydroxylation is 1. The number of hydrogen-bond acceptors (Lipinski definition) is 2. The molecule has 22 heavy (non-hydrogen) atoms. The van der Waals surface area contributed by atoms with Crippen LogP contribution < -0.4 is 5.32 Å². The first-order chi connectivity index (χ1) is 10.7. The number of carbonyl (C=O) groups is 1. The topological polar surface area (TPSA) is 29.1 Å². The van der Waals surface area contributed by atoms with Gasteiger partial charge in [-0.25, -0.2) is 0 Å². The molecule has 0 aliphatic rings. The molecule has 0 aliphatic heterocycles. The average Bonchev–Trinajstić information content (AvgIpc) is 3.00. The van der Waals surface area contributed by atoms with Gasteiger partial charge in [-0.05, 0) is 40.6 Å². The van der Waals surface area contributed by atoms with Crippen molar-refractivity contribution in [1.29, 1.82) is 0 Å². The molecule has 1 aromatic heterocycles. The summed E-state index contributed by atoms with van der Waals surface area (Å²) in [5, 5.41) is 4.92. The van der Waals surface area contributed by atoms with Crippen LogP contribution in [0.2, 0.25) is 0 Å². The van der Waals surface area contributed by atoms with Crippen molar-refractivity contribution in [3.63, 3.8) is 0 Å². The van der Waals surface area contributed by atoms with Crippen LogP contribution in [0.3, 0.4) is 0 Å². The van der Waals surface area contributed by atoms with Gasteiger partial charge in [-0.3, -0.25) is 4.79 Å². The largest absolute Gasteiger partial charge is 0.347 e. The molecule has 0 aliphatic carbocycles. The minimum atomic E-state index is -0.000337. The van der Waals surface area contributed by atoms with E-state index in [-0.39, 0.29) is 5.91 Å². The van der Waals surface area contributed by atoms with Gasteiger partial charge < -0.3 is 5.32 Å². The van der Waals surface area contributed by atoms with E-state index < -0.39 is 0 Å². The van der Waals surface area contributed by atoms with E-state index in [4.69, 9.17) is 0 Å². The lowest BCUT2D eigenvalue weighted by molar-refractivity contribution is 0.0954. The molecule has 3 rings (SSSR count). The molecule has 0 saturated heterocycles. The molecule has 2 aromatic carbocycles. The summed E-state index contributed by atoms with van der Waals surface area (Å²) in [6.07, 6.45) is 0. The molecule has 0 spiro atoms. The molecule has 1 amide bonds. The summed E-state index contributed by atoms with van der Waals surface area (Å²) in [6.45, 7) is 2.51. The zero-order valence-electron chi connectivity index (χ0n) is 12.4. The summed E-state index contributed by atoms with van der Waals surface area (Å²) in [5.41, 5.74) is 4.52. The van der Waals surface area contributed by atoms with Gasteiger partial charge in [-0.15, -0.1) is 11.3 Å². The van der Waals surface area contributed by atoms with Crippen molar-refractivity contribution in [1.82, 2.24) is 5.32 Å². The highest BCUT2D eigenvalue weighted by atomic mass is 32.1. The number of nitrogens with one attached hydrogen (secondary N) is 1. The third-order valence-electron chi connectivity index (χ3n) is 3.58. The van der Waals surface area contributed by atoms with Crippen LogP contribution in [0.15, 0.2) is 66.0 Å². The number of carbonyl (C=O) groups excluding carboxylic acids is 1. The Hall–Kier alpha value is -2.39. The van der Waals surface area contributed by atoms with E-state index in [1.807, 2.05) is 36.6 Å². The van der Waals surface area contributed by atoms with Gasteiger partial charge in [0, 0.05) is 6.54 Å². The van der Waals surface area contributed by atoms with Gasteiger partial charge in [0.05, 0.1) is 4.88 Å². The maximum atomic E-state index is 12.1. The van der Waals surface area contributed by atoms with Crippen LogP contribution in [-0.4, -0.2) is 5.91 Å². The quantitative estimate of drug-likeness (QED) is 0.746. The molecule has 2 nitrogen and oxygen atoms in total. The summed E-state index contributed by atoms with van der Waals surface area (Å²) in [5.74, 6) is -0.000337. The highest BCUT2D eigenvalue weighted by Crippen LogP contribution is 2.19. The minimum absolute atomic E-state index is 0.000337. The third-order valence-corrected chi connectivity index (χ3v) is 4.60. The normalized spacial score (nSPS) is 10.4. The molecular weight excluding hydrogens is 290 g/mol. The van der Waals surface area contributed by atoms with E-state index in [1.54, 1.807) is 0 Å². The molecule has 110 valence electrons. The molecule has 0 radical (unpaired) electrons. The van der Waals surface area contributed by atoms with Crippen molar-refractivity contribution < 1.29 is 4.79 Å². The Labute approximate surface area is 134 Å². The van der Waals surface area contributed by atoms with Crippen molar-refractivity contribution >= 4 is 17.2 Å². The third kappa shape index (κ3) is 3.26. The molecule has 0 unspecified atom stereocenters. The van der Waals surface area contributed by atoms with Gasteiger partial charge >= 0.3 is 0 Å². The van der Waals surface area contributed by atoms with Crippen molar-refractivity contribution in [2.24, 2.45) is 0 Å². The van der Waals surface area contributed by atoms with Gasteiger partial charge in [0.1, 0.15) is 0 Å². The fourth-order valence-electron chi connectivity index (χ4n) is 2.31. The van der Waals surface area contributed by atoms with E-state index in [1.165, 1.54) is 22.5 Å². The first kappa shape index (κ1) is 14.5. The Morgan fingerprint density at radius 1 is 0.955 bits per heavy atom. The molecule has 0 saturated carbocycles. The first-order valence-corrected chi connectivity index (χ1v) is 8.08. The summed E-state index contributed by atoms with van der Waals surface area (Å²) >= 11 is 1.48. The van der Waals surface area contributed by atoms with Crippen molar-refractivity contribution in [2.75, 3.05) is 0 Å². The van der Waals surface area contributed by atoms with Gasteiger partial charge in [0.2, 0.25) is 0 Å². The van der Waals surface area contributed by atoms with Crippen LogP contribution >= 0.6 is 11.3 Å². The van der Waals surface area contributed by atoms with E-state index in [9.17, 15) is 4.79 Å². The van der Waals surface area contributed by atoms with Crippen LogP contribution in [0.25, 0.3) is 11.1 Å². The van der Waals surface area contributed by atoms with Gasteiger partial charge in [-0.2, -0.15) is 0 Å². The second-order valence-corrected chi connectivity index (χ2v) is 6.09. The Morgan fingerprint density at radius 3 is 2.27 bits per heavy atom. The van der Waals surface area contributed by atoms with Crippen LogP contribution in [0.4, 0.5) is 0 Å². The summed E-state index contributed by atoms with van der Waals surface area (Å²) < 4.78 is 0. The number of hydrogen-bond donors (Lipinski definition) is 1. The summed E-state index contributed by atoms with van der Waals surface area (Å²) in [7, 11) is 0. The second-order valence-electron chi connectivity index (χ2n) is 5.18. The fraction of sp³-hybridized carbons (Fsp3) is 0.105. The Morgan fingerprint density at radius 2 is 1.64 bits per heavy atom. The van der Waals surface area contributed by atoms with Crippen molar-refractivity contribution in [3.05, 3.63) is 82.0 Å². The highest BCUT2D eigenvalue weighted by molar-refractivity contribution is 7.12. The lowest BCUT2D eigenvalue weighted by atomic mass is 10.0. The van der Waals surface area contributed by atoms with Crippen molar-refractivity contribution in [2.45, 2.75) is 13.5 Å². The molecule has 0 atom stereocenters. The van der Waals surface area contributed by atoms with E-state index in [2.05, 4.69) is 41.7 Å². The van der Waals surface area contributed by atoms with Crippen molar-refractivity contribution in [3.8, 4) is 11.1 Å². The number of rotatable bonds is 4. The van der Waals surface area contributed by atoms with Gasteiger partial charge in [-0.1, -0.05) is 54.6 Å². The smallest absolute Gasteiger partial charge is 0.261 e. The number of amides is 1. The Kier molecular flexibility index (Phi) is 4.35. The van der Waals surface area contributed by atoms with E-state index >= 15 is 0 Å². The Balaban J connectivity index is 1.65. The SMILES string of the molecule is Cc1ccsc1C(=O)NCc1ccc(-c2ccccc2)cc1. The van der Waals surface area contributed by atoms with E-state index in [0.29, 0.717) is 6.54 Å². The Bertz CT molecular complexity index is 760. The zero-order valence-corrected chi connectivity index (χ0v) is 13.2. The maximum absolute atomic E-state index is 12.1. The van der Waals surface area contributed by atoms with E-state index in [0.717, 1.165) is 16.0 Å². The second kappa shape index (κ2) is 6.58. The minimum Gasteiger partial charge on any atom is -0.347 e. The fourth-order valence-corrected chi connectivity index (χ4v) is 3.16. The first-order valence-electron chi connectivity index (χ1n) is 7.21. The predicted molar refractivity (Wildman–Crippen MR) is 92.1 cm³/mol. The standard InChI is InChI=1S/C19H17NOS/c1-14-11-12-22-18(14)19(21)20-13-15-7-9-17(10-8-15)16-5-3-2-4-6-16/h2-12H,13H2,1H3,(H,20,21). The lowest BCUT2D eigenvalue weighted by Gasteiger charge is -2.06. The van der Waals surface area contributed by atoms with Gasteiger partial charge in [0.25, 0.3) is 5.91 Å². The molecule has 3 heteroatoms. The van der Waals surface area contributed by atoms with Crippen LogP contribution in [0.5, 0.6) is 0 Å². The maximum Gasteiger partial charge on any atom is 0.261 e. The summed E-state index contributed by atoms with van der Waals surface area (Å²) in [4.78, 5) is 12.9. The average molecular weight is 307 g/mol. The predicted octanol–water partition coefficient (Wildman–Crippen LogP) is 4.65. The lowest BCUT2D eigenvalue weighted by Crippen LogP contribution is -2.22. The van der Waals surface area contributed by atoms with Crippen LogP contribution in [0, 0.1) is 6.92 Å². The number of thiophene rings is 1. The molecular formula is C19H17NOS. The summed E-state index contributed by atoms with van der Waals surface area (Å²) in [6, 6.07) is 20.5. The number of benzene rings is 2.